The van der Waals surface area contributed by atoms with Crippen LogP contribution < -0.4 is 4.90 Å². The van der Waals surface area contributed by atoms with Gasteiger partial charge in [-0.15, -0.1) is 11.6 Å². The average Bonchev–Trinajstić information content (AvgIpc) is 2.29. The highest BCUT2D eigenvalue weighted by atomic mass is 35.5. The van der Waals surface area contributed by atoms with E-state index in [2.05, 4.69) is 28.9 Å². The molecule has 0 aromatic carbocycles. The molecule has 1 aliphatic heterocycles. The second kappa shape index (κ2) is 4.84. The Morgan fingerprint density at radius 3 is 3.20 bits per heavy atom. The van der Waals surface area contributed by atoms with Crippen LogP contribution in [0.4, 0.5) is 5.69 Å². The quantitative estimate of drug-likeness (QED) is 0.718. The highest BCUT2D eigenvalue weighted by molar-refractivity contribution is 6.16. The van der Waals surface area contributed by atoms with Crippen LogP contribution in [0, 0.1) is 5.92 Å². The maximum atomic E-state index is 5.79. The molecule has 1 fully saturated rings. The third-order valence-corrected chi connectivity index (χ3v) is 3.23. The summed E-state index contributed by atoms with van der Waals surface area (Å²) in [5, 5.41) is 0. The SMILES string of the molecule is CC1CCCN(c2ccnc(CCl)c2)C1. The number of alkyl halides is 1. The molecule has 0 bridgehead atoms. The van der Waals surface area contributed by atoms with Crippen molar-refractivity contribution in [2.24, 2.45) is 5.92 Å². The minimum absolute atomic E-state index is 0.497. The van der Waals surface area contributed by atoms with Crippen molar-refractivity contribution in [1.82, 2.24) is 4.98 Å². The molecule has 15 heavy (non-hydrogen) atoms. The van der Waals surface area contributed by atoms with Crippen molar-refractivity contribution in [3.63, 3.8) is 0 Å². The number of hydrogen-bond donors (Lipinski definition) is 0. The Morgan fingerprint density at radius 2 is 2.47 bits per heavy atom. The standard InChI is InChI=1S/C12H17ClN2/c1-10-3-2-6-15(9-10)12-4-5-14-11(7-12)8-13/h4-5,7,10H,2-3,6,8-9H2,1H3. The number of pyridine rings is 1. The molecule has 0 spiro atoms. The lowest BCUT2D eigenvalue weighted by atomic mass is 10.00. The van der Waals surface area contributed by atoms with E-state index in [1.807, 2.05) is 6.20 Å². The van der Waals surface area contributed by atoms with Crippen LogP contribution in [0.15, 0.2) is 18.3 Å². The van der Waals surface area contributed by atoms with Gasteiger partial charge in [0.1, 0.15) is 0 Å². The highest BCUT2D eigenvalue weighted by Gasteiger charge is 2.16. The zero-order chi connectivity index (χ0) is 10.7. The molecule has 1 atom stereocenters. The van der Waals surface area contributed by atoms with Crippen LogP contribution in [-0.4, -0.2) is 18.1 Å². The summed E-state index contributed by atoms with van der Waals surface area (Å²) in [5.41, 5.74) is 2.24. The molecule has 3 heteroatoms. The van der Waals surface area contributed by atoms with Gasteiger partial charge in [0, 0.05) is 25.0 Å². The fourth-order valence-electron chi connectivity index (χ4n) is 2.16. The van der Waals surface area contributed by atoms with Crippen molar-refractivity contribution in [2.75, 3.05) is 18.0 Å². The fraction of sp³-hybridized carbons (Fsp3) is 0.583. The first-order valence-electron chi connectivity index (χ1n) is 5.55. The van der Waals surface area contributed by atoms with Gasteiger partial charge in [-0.05, 0) is 30.9 Å². The van der Waals surface area contributed by atoms with E-state index in [0.717, 1.165) is 24.7 Å². The fourth-order valence-corrected chi connectivity index (χ4v) is 2.31. The molecule has 0 amide bonds. The Balaban J connectivity index is 2.13. The van der Waals surface area contributed by atoms with Crippen molar-refractivity contribution in [1.29, 1.82) is 0 Å². The number of rotatable bonds is 2. The lowest BCUT2D eigenvalue weighted by Crippen LogP contribution is -2.34. The first-order valence-corrected chi connectivity index (χ1v) is 6.09. The Bertz CT molecular complexity index is 327. The third kappa shape index (κ3) is 2.63. The topological polar surface area (TPSA) is 16.1 Å². The second-order valence-corrected chi connectivity index (χ2v) is 4.60. The van der Waals surface area contributed by atoms with Crippen LogP contribution >= 0.6 is 11.6 Å². The molecule has 0 saturated carbocycles. The normalized spacial score (nSPS) is 21.7. The summed E-state index contributed by atoms with van der Waals surface area (Å²) in [4.78, 5) is 6.65. The molecule has 0 N–H and O–H groups in total. The highest BCUT2D eigenvalue weighted by Crippen LogP contribution is 2.23. The predicted molar refractivity (Wildman–Crippen MR) is 64.4 cm³/mol. The molecule has 0 radical (unpaired) electrons. The summed E-state index contributed by atoms with van der Waals surface area (Å²) in [6.45, 7) is 4.64. The minimum Gasteiger partial charge on any atom is -0.371 e. The van der Waals surface area contributed by atoms with Gasteiger partial charge in [0.25, 0.3) is 0 Å². The molecule has 1 aromatic heterocycles. The molecule has 0 aliphatic carbocycles. The van der Waals surface area contributed by atoms with Gasteiger partial charge in [-0.3, -0.25) is 4.98 Å². The maximum absolute atomic E-state index is 5.79. The monoisotopic (exact) mass is 224 g/mol. The van der Waals surface area contributed by atoms with E-state index in [4.69, 9.17) is 11.6 Å². The van der Waals surface area contributed by atoms with E-state index in [9.17, 15) is 0 Å². The first-order chi connectivity index (χ1) is 7.29. The van der Waals surface area contributed by atoms with Gasteiger partial charge in [0.15, 0.2) is 0 Å². The van der Waals surface area contributed by atoms with Crippen LogP contribution in [0.1, 0.15) is 25.5 Å². The minimum atomic E-state index is 0.497. The molecule has 1 saturated heterocycles. The summed E-state index contributed by atoms with van der Waals surface area (Å²) >= 11 is 5.79. The molecule has 2 heterocycles. The number of aromatic nitrogens is 1. The van der Waals surface area contributed by atoms with Crippen molar-refractivity contribution < 1.29 is 0 Å². The Hall–Kier alpha value is -0.760. The number of halogens is 1. The molecular formula is C12H17ClN2. The van der Waals surface area contributed by atoms with Crippen molar-refractivity contribution in [2.45, 2.75) is 25.6 Å². The lowest BCUT2D eigenvalue weighted by Gasteiger charge is -2.32. The van der Waals surface area contributed by atoms with Gasteiger partial charge in [-0.1, -0.05) is 6.92 Å². The van der Waals surface area contributed by atoms with E-state index in [1.165, 1.54) is 18.5 Å². The van der Waals surface area contributed by atoms with E-state index >= 15 is 0 Å². The number of piperidine rings is 1. The first kappa shape index (κ1) is 10.7. The maximum Gasteiger partial charge on any atom is 0.0648 e. The van der Waals surface area contributed by atoms with Crippen LogP contribution in [0.3, 0.4) is 0 Å². The molecule has 82 valence electrons. The smallest absolute Gasteiger partial charge is 0.0648 e. The molecule has 1 aliphatic rings. The van der Waals surface area contributed by atoms with E-state index in [1.54, 1.807) is 0 Å². The Kier molecular flexibility index (Phi) is 3.47. The van der Waals surface area contributed by atoms with Gasteiger partial charge >= 0.3 is 0 Å². The molecular weight excluding hydrogens is 208 g/mol. The molecule has 1 aromatic rings. The Morgan fingerprint density at radius 1 is 1.60 bits per heavy atom. The molecule has 2 nitrogen and oxygen atoms in total. The Labute approximate surface area is 96.3 Å². The number of nitrogens with zero attached hydrogens (tertiary/aromatic N) is 2. The second-order valence-electron chi connectivity index (χ2n) is 4.33. The number of hydrogen-bond acceptors (Lipinski definition) is 2. The molecule has 1 unspecified atom stereocenters. The van der Waals surface area contributed by atoms with Gasteiger partial charge in [-0.2, -0.15) is 0 Å². The third-order valence-electron chi connectivity index (χ3n) is 2.96. The largest absolute Gasteiger partial charge is 0.371 e. The predicted octanol–water partition coefficient (Wildman–Crippen LogP) is 3.06. The summed E-state index contributed by atoms with van der Waals surface area (Å²) < 4.78 is 0. The average molecular weight is 225 g/mol. The summed E-state index contributed by atoms with van der Waals surface area (Å²) in [7, 11) is 0. The van der Waals surface area contributed by atoms with E-state index in [0.29, 0.717) is 5.88 Å². The van der Waals surface area contributed by atoms with Crippen LogP contribution in [0.25, 0.3) is 0 Å². The van der Waals surface area contributed by atoms with Crippen LogP contribution in [0.2, 0.25) is 0 Å². The van der Waals surface area contributed by atoms with E-state index < -0.39 is 0 Å². The summed E-state index contributed by atoms with van der Waals surface area (Å²) in [6.07, 6.45) is 4.50. The lowest BCUT2D eigenvalue weighted by molar-refractivity contribution is 0.446. The summed E-state index contributed by atoms with van der Waals surface area (Å²) in [6, 6.07) is 4.18. The van der Waals surface area contributed by atoms with Gasteiger partial charge < -0.3 is 4.90 Å². The van der Waals surface area contributed by atoms with Crippen LogP contribution in [0.5, 0.6) is 0 Å². The van der Waals surface area contributed by atoms with Gasteiger partial charge in [0.2, 0.25) is 0 Å². The van der Waals surface area contributed by atoms with Gasteiger partial charge in [0.05, 0.1) is 11.6 Å². The van der Waals surface area contributed by atoms with Crippen molar-refractivity contribution in [3.05, 3.63) is 24.0 Å². The van der Waals surface area contributed by atoms with Crippen molar-refractivity contribution >= 4 is 17.3 Å². The zero-order valence-electron chi connectivity index (χ0n) is 9.12. The summed E-state index contributed by atoms with van der Waals surface area (Å²) in [5.74, 6) is 1.29. The van der Waals surface area contributed by atoms with Gasteiger partial charge in [-0.25, -0.2) is 0 Å². The van der Waals surface area contributed by atoms with Crippen LogP contribution in [-0.2, 0) is 5.88 Å². The number of anilines is 1. The molecule has 2 rings (SSSR count). The van der Waals surface area contributed by atoms with E-state index in [-0.39, 0.29) is 0 Å². The van der Waals surface area contributed by atoms with Crippen molar-refractivity contribution in [3.8, 4) is 0 Å². The zero-order valence-corrected chi connectivity index (χ0v) is 9.87.